The Hall–Kier alpha value is -3.74. The Balaban J connectivity index is 1.44. The maximum Gasteiger partial charge on any atom is 0.124 e. The summed E-state index contributed by atoms with van der Waals surface area (Å²) in [6.07, 6.45) is 20.2. The molecule has 3 heteroatoms. The summed E-state index contributed by atoms with van der Waals surface area (Å²) in [5.41, 5.74) is 4.29. The Kier molecular flexibility index (Phi) is 16.4. The molecule has 2 nitrogen and oxygen atoms in total. The van der Waals surface area contributed by atoms with Crippen LogP contribution in [0, 0.1) is 17.1 Å². The van der Waals surface area contributed by atoms with E-state index in [1.807, 2.05) is 0 Å². The molecule has 0 N–H and O–H groups in total. The molecule has 0 fully saturated rings. The van der Waals surface area contributed by atoms with E-state index in [-0.39, 0.29) is 12.7 Å². The molecule has 0 radical (unpaired) electrons. The van der Waals surface area contributed by atoms with E-state index in [0.29, 0.717) is 11.1 Å². The molecule has 4 aromatic carbocycles. The van der Waals surface area contributed by atoms with Crippen molar-refractivity contribution in [1.82, 2.24) is 0 Å². The number of halogens is 1. The number of nitriles is 1. The van der Waals surface area contributed by atoms with Gasteiger partial charge in [-0.15, -0.1) is 0 Å². The Bertz CT molecular complexity index is 1370. The molecule has 0 aliphatic heterocycles. The summed E-state index contributed by atoms with van der Waals surface area (Å²) in [5.74, 6) is -0.400. The van der Waals surface area contributed by atoms with Crippen molar-refractivity contribution < 1.29 is 9.13 Å². The highest BCUT2D eigenvalue weighted by Gasteiger charge is 2.38. The van der Waals surface area contributed by atoms with Crippen LogP contribution in [0.5, 0.6) is 0 Å². The van der Waals surface area contributed by atoms with Gasteiger partial charge in [-0.25, -0.2) is 4.39 Å². The lowest BCUT2D eigenvalue weighted by molar-refractivity contribution is 0.0192. The number of rotatable bonds is 23. The van der Waals surface area contributed by atoms with Crippen molar-refractivity contribution in [3.8, 4) is 6.07 Å². The van der Waals surface area contributed by atoms with Crippen molar-refractivity contribution >= 4 is 0 Å². The SMILES string of the molecule is CCCCCCCCCCCCCCCC[C@@H](CC(c1ccccc1)(c1ccccc1)c1ccccc1)OCc1cc(F)cc(C#N)c1. The Morgan fingerprint density at radius 3 is 1.48 bits per heavy atom. The highest BCUT2D eigenvalue weighted by molar-refractivity contribution is 5.50. The molecule has 254 valence electrons. The van der Waals surface area contributed by atoms with E-state index in [9.17, 15) is 9.65 Å². The first-order valence-corrected chi connectivity index (χ1v) is 18.6. The maximum absolute atomic E-state index is 14.4. The average molecular weight is 646 g/mol. The van der Waals surface area contributed by atoms with Crippen molar-refractivity contribution in [2.45, 2.75) is 128 Å². The van der Waals surface area contributed by atoms with Crippen molar-refractivity contribution in [1.29, 1.82) is 5.26 Å². The average Bonchev–Trinajstić information content (AvgIpc) is 3.13. The predicted molar refractivity (Wildman–Crippen MR) is 198 cm³/mol. The molecule has 48 heavy (non-hydrogen) atoms. The molecule has 1 atom stereocenters. The lowest BCUT2D eigenvalue weighted by Gasteiger charge is -2.39. The van der Waals surface area contributed by atoms with Gasteiger partial charge in [0.15, 0.2) is 0 Å². The second-order valence-corrected chi connectivity index (χ2v) is 13.5. The minimum atomic E-state index is -0.426. The minimum absolute atomic E-state index is 0.0725. The molecule has 0 heterocycles. The molecule has 0 saturated carbocycles. The number of hydrogen-bond donors (Lipinski definition) is 0. The van der Waals surface area contributed by atoms with Gasteiger partial charge in [0, 0.05) is 5.41 Å². The summed E-state index contributed by atoms with van der Waals surface area (Å²) in [7, 11) is 0. The van der Waals surface area contributed by atoms with Crippen molar-refractivity contribution in [3.05, 3.63) is 143 Å². The molecule has 0 saturated heterocycles. The van der Waals surface area contributed by atoms with E-state index in [1.165, 1.54) is 112 Å². The fourth-order valence-electron chi connectivity index (χ4n) is 7.19. The van der Waals surface area contributed by atoms with Crippen LogP contribution in [0.4, 0.5) is 4.39 Å². The lowest BCUT2D eigenvalue weighted by Crippen LogP contribution is -2.35. The first-order chi connectivity index (χ1) is 23.7. The predicted octanol–water partition coefficient (Wildman–Crippen LogP) is 12.9. The third-order valence-corrected chi connectivity index (χ3v) is 9.79. The zero-order chi connectivity index (χ0) is 33.7. The second kappa shape index (κ2) is 21.3. The molecule has 0 aromatic heterocycles. The smallest absolute Gasteiger partial charge is 0.124 e. The van der Waals surface area contributed by atoms with Crippen molar-refractivity contribution in [3.63, 3.8) is 0 Å². The van der Waals surface area contributed by atoms with Gasteiger partial charge in [0.05, 0.1) is 24.3 Å². The van der Waals surface area contributed by atoms with E-state index >= 15 is 0 Å². The van der Waals surface area contributed by atoms with Gasteiger partial charge in [-0.2, -0.15) is 5.26 Å². The molecule has 0 aliphatic carbocycles. The topological polar surface area (TPSA) is 33.0 Å². The van der Waals surface area contributed by atoms with Crippen LogP contribution >= 0.6 is 0 Å². The highest BCUT2D eigenvalue weighted by atomic mass is 19.1. The monoisotopic (exact) mass is 645 g/mol. The summed E-state index contributed by atoms with van der Waals surface area (Å²) in [4.78, 5) is 0. The molecule has 0 unspecified atom stereocenters. The van der Waals surface area contributed by atoms with Gasteiger partial charge < -0.3 is 4.74 Å². The third kappa shape index (κ3) is 11.7. The van der Waals surface area contributed by atoms with Crippen LogP contribution in [-0.4, -0.2) is 6.10 Å². The van der Waals surface area contributed by atoms with Crippen LogP contribution in [0.2, 0.25) is 0 Å². The van der Waals surface area contributed by atoms with Crippen LogP contribution in [0.1, 0.15) is 137 Å². The normalized spacial score (nSPS) is 12.1. The first-order valence-electron chi connectivity index (χ1n) is 18.6. The Labute approximate surface area is 290 Å². The zero-order valence-corrected chi connectivity index (χ0v) is 29.2. The molecular formula is C45H56FNO. The van der Waals surface area contributed by atoms with Gasteiger partial charge in [0.25, 0.3) is 0 Å². The summed E-state index contributed by atoms with van der Waals surface area (Å²) < 4.78 is 21.1. The van der Waals surface area contributed by atoms with Gasteiger partial charge in [0.2, 0.25) is 0 Å². The van der Waals surface area contributed by atoms with E-state index in [0.717, 1.165) is 19.3 Å². The number of benzene rings is 4. The Morgan fingerprint density at radius 2 is 1.04 bits per heavy atom. The van der Waals surface area contributed by atoms with E-state index in [2.05, 4.69) is 104 Å². The van der Waals surface area contributed by atoms with Gasteiger partial charge in [-0.3, -0.25) is 0 Å². The second-order valence-electron chi connectivity index (χ2n) is 13.5. The molecular weight excluding hydrogens is 589 g/mol. The van der Waals surface area contributed by atoms with E-state index < -0.39 is 11.2 Å². The largest absolute Gasteiger partial charge is 0.373 e. The standard InChI is InChI=1S/C45H56FNO/c1-2-3-4-5-6-7-8-9-10-11-12-13-14-24-31-44(48-37-39-32-38(36-47)33-43(46)34-39)35-45(40-25-18-15-19-26-40,41-27-20-16-21-28-41)42-29-22-17-23-30-42/h15-23,25-30,32-34,44H,2-14,24,31,35,37H2,1H3/t44-/m0/s1. The van der Waals surface area contributed by atoms with Crippen LogP contribution in [0.3, 0.4) is 0 Å². The fourth-order valence-corrected chi connectivity index (χ4v) is 7.19. The van der Waals surface area contributed by atoms with Crippen LogP contribution < -0.4 is 0 Å². The lowest BCUT2D eigenvalue weighted by atomic mass is 9.66. The van der Waals surface area contributed by atoms with Gasteiger partial charge in [0.1, 0.15) is 5.82 Å². The molecule has 0 aliphatic rings. The van der Waals surface area contributed by atoms with Crippen molar-refractivity contribution in [2.24, 2.45) is 0 Å². The van der Waals surface area contributed by atoms with Gasteiger partial charge >= 0.3 is 0 Å². The zero-order valence-electron chi connectivity index (χ0n) is 29.2. The number of unbranched alkanes of at least 4 members (excludes halogenated alkanes) is 13. The van der Waals surface area contributed by atoms with E-state index in [4.69, 9.17) is 4.74 Å². The molecule has 4 rings (SSSR count). The van der Waals surface area contributed by atoms with Gasteiger partial charge in [-0.05, 0) is 53.3 Å². The Morgan fingerprint density at radius 1 is 0.604 bits per heavy atom. The van der Waals surface area contributed by atoms with E-state index in [1.54, 1.807) is 6.07 Å². The first kappa shape index (κ1) is 37.1. The number of hydrogen-bond acceptors (Lipinski definition) is 2. The quantitative estimate of drug-likeness (QED) is 0.0594. The third-order valence-electron chi connectivity index (χ3n) is 9.79. The van der Waals surface area contributed by atoms with Crippen molar-refractivity contribution in [2.75, 3.05) is 0 Å². The summed E-state index contributed by atoms with van der Waals surface area (Å²) in [6.45, 7) is 2.55. The van der Waals surface area contributed by atoms with Crippen LogP contribution in [0.15, 0.2) is 109 Å². The van der Waals surface area contributed by atoms with Gasteiger partial charge in [-0.1, -0.05) is 188 Å². The molecule has 0 spiro atoms. The number of ether oxygens (including phenoxy) is 1. The summed E-state index contributed by atoms with van der Waals surface area (Å²) >= 11 is 0. The van der Waals surface area contributed by atoms with Crippen LogP contribution in [0.25, 0.3) is 0 Å². The fraction of sp³-hybridized carbons (Fsp3) is 0.444. The number of nitrogens with zero attached hydrogens (tertiary/aromatic N) is 1. The molecule has 4 aromatic rings. The highest BCUT2D eigenvalue weighted by Crippen LogP contribution is 2.44. The summed E-state index contributed by atoms with van der Waals surface area (Å²) in [5, 5.41) is 9.43. The minimum Gasteiger partial charge on any atom is -0.373 e. The molecule has 0 bridgehead atoms. The van der Waals surface area contributed by atoms with Crippen LogP contribution in [-0.2, 0) is 16.8 Å². The summed E-state index contributed by atoms with van der Waals surface area (Å²) in [6, 6.07) is 38.9. The molecule has 0 amide bonds. The maximum atomic E-state index is 14.4.